The molecule has 1 aromatic heterocycles. The monoisotopic (exact) mass is 366 g/mol. The maximum absolute atomic E-state index is 12.8. The molecule has 1 aliphatic carbocycles. The van der Waals surface area contributed by atoms with E-state index in [2.05, 4.69) is 32.7 Å². The molecule has 140 valence electrons. The van der Waals surface area contributed by atoms with Gasteiger partial charge in [-0.25, -0.2) is 9.78 Å². The second-order valence-electron chi connectivity index (χ2n) is 8.17. The minimum atomic E-state index is -0.395. The van der Waals surface area contributed by atoms with Crippen molar-refractivity contribution in [2.45, 2.75) is 72.9 Å². The second kappa shape index (κ2) is 8.30. The fraction of sp³-hybridized carbons (Fsp3) is 0.737. The minimum absolute atomic E-state index is 0.201. The summed E-state index contributed by atoms with van der Waals surface area (Å²) in [6.45, 7) is 11.4. The third-order valence-corrected chi connectivity index (χ3v) is 4.97. The number of carbonyl (C=O) groups excluding carboxylic acids is 2. The van der Waals surface area contributed by atoms with E-state index in [4.69, 9.17) is 4.74 Å². The molecular weight excluding hydrogens is 336 g/mol. The summed E-state index contributed by atoms with van der Waals surface area (Å²) >= 11 is 1.42. The lowest BCUT2D eigenvalue weighted by Gasteiger charge is -2.26. The standard InChI is InChI=1S/C19H30N2O3S/c1-6-24-18(23)15-12-25-16(20-15)11-21(14-7-8-14)17(22)9-13(2)10-19(3,4)5/h12-14H,6-11H2,1-5H3/t13-/m0/s1. The zero-order valence-electron chi connectivity index (χ0n) is 16.0. The number of carbonyl (C=O) groups is 2. The van der Waals surface area contributed by atoms with Crippen LogP contribution in [0.2, 0.25) is 0 Å². The van der Waals surface area contributed by atoms with E-state index in [-0.39, 0.29) is 11.3 Å². The van der Waals surface area contributed by atoms with Gasteiger partial charge in [-0.1, -0.05) is 27.7 Å². The van der Waals surface area contributed by atoms with Gasteiger partial charge in [-0.2, -0.15) is 0 Å². The summed E-state index contributed by atoms with van der Waals surface area (Å²) < 4.78 is 4.98. The Morgan fingerprint density at radius 2 is 2.08 bits per heavy atom. The zero-order valence-corrected chi connectivity index (χ0v) is 16.8. The van der Waals surface area contributed by atoms with E-state index in [9.17, 15) is 9.59 Å². The number of esters is 1. The highest BCUT2D eigenvalue weighted by Crippen LogP contribution is 2.32. The molecule has 0 N–H and O–H groups in total. The van der Waals surface area contributed by atoms with Crippen molar-refractivity contribution in [2.24, 2.45) is 11.3 Å². The number of thiazole rings is 1. The molecule has 0 radical (unpaired) electrons. The fourth-order valence-corrected chi connectivity index (χ4v) is 3.93. The Kier molecular flexibility index (Phi) is 6.60. The van der Waals surface area contributed by atoms with Crippen molar-refractivity contribution >= 4 is 23.2 Å². The number of aromatic nitrogens is 1. The molecule has 2 rings (SSSR count). The molecule has 6 heteroatoms. The summed E-state index contributed by atoms with van der Waals surface area (Å²) in [5.41, 5.74) is 0.569. The molecule has 5 nitrogen and oxygen atoms in total. The molecule has 1 saturated carbocycles. The Bertz CT molecular complexity index is 602. The molecule has 1 aromatic rings. The molecule has 0 aliphatic heterocycles. The van der Waals surface area contributed by atoms with Crippen molar-refractivity contribution in [3.05, 3.63) is 16.1 Å². The Balaban J connectivity index is 1.97. The lowest BCUT2D eigenvalue weighted by atomic mass is 9.84. The highest BCUT2D eigenvalue weighted by molar-refractivity contribution is 7.09. The van der Waals surface area contributed by atoms with Gasteiger partial charge in [0, 0.05) is 17.8 Å². The molecule has 0 spiro atoms. The van der Waals surface area contributed by atoms with Gasteiger partial charge in [0.1, 0.15) is 5.01 Å². The number of ether oxygens (including phenoxy) is 1. The summed E-state index contributed by atoms with van der Waals surface area (Å²) in [6, 6.07) is 0.337. The van der Waals surface area contributed by atoms with Crippen LogP contribution in [0.5, 0.6) is 0 Å². The van der Waals surface area contributed by atoms with E-state index in [0.29, 0.717) is 37.2 Å². The van der Waals surface area contributed by atoms with Gasteiger partial charge in [-0.05, 0) is 37.5 Å². The van der Waals surface area contributed by atoms with Crippen molar-refractivity contribution in [2.75, 3.05) is 6.61 Å². The molecule has 1 aliphatic rings. The Labute approximate surface area is 154 Å². The third-order valence-electron chi connectivity index (χ3n) is 4.13. The van der Waals surface area contributed by atoms with Crippen LogP contribution in [-0.2, 0) is 16.1 Å². The van der Waals surface area contributed by atoms with E-state index in [1.165, 1.54) is 11.3 Å². The Morgan fingerprint density at radius 1 is 1.40 bits per heavy atom. The summed E-state index contributed by atoms with van der Waals surface area (Å²) in [5, 5.41) is 2.51. The molecule has 1 atom stereocenters. The maximum atomic E-state index is 12.8. The summed E-state index contributed by atoms with van der Waals surface area (Å²) in [4.78, 5) is 30.8. The van der Waals surface area contributed by atoms with E-state index < -0.39 is 5.97 Å². The van der Waals surface area contributed by atoms with Gasteiger partial charge < -0.3 is 9.64 Å². The van der Waals surface area contributed by atoms with Crippen molar-refractivity contribution in [3.8, 4) is 0 Å². The van der Waals surface area contributed by atoms with Crippen molar-refractivity contribution < 1.29 is 14.3 Å². The molecular formula is C19H30N2O3S. The number of hydrogen-bond donors (Lipinski definition) is 0. The molecule has 25 heavy (non-hydrogen) atoms. The van der Waals surface area contributed by atoms with Crippen LogP contribution in [0.3, 0.4) is 0 Å². The average molecular weight is 367 g/mol. The fourth-order valence-electron chi connectivity index (χ4n) is 3.17. The van der Waals surface area contributed by atoms with Gasteiger partial charge in [-0.15, -0.1) is 11.3 Å². The van der Waals surface area contributed by atoms with Crippen LogP contribution >= 0.6 is 11.3 Å². The molecule has 0 unspecified atom stereocenters. The van der Waals surface area contributed by atoms with Crippen LogP contribution in [0, 0.1) is 11.3 Å². The average Bonchev–Trinajstić information content (AvgIpc) is 3.20. The van der Waals surface area contributed by atoms with Crippen LogP contribution in [0.4, 0.5) is 0 Å². The normalized spacial score (nSPS) is 15.7. The number of amides is 1. The summed E-state index contributed by atoms with van der Waals surface area (Å²) in [7, 11) is 0. The van der Waals surface area contributed by atoms with Gasteiger partial charge in [0.25, 0.3) is 0 Å². The van der Waals surface area contributed by atoms with Crippen molar-refractivity contribution in [3.63, 3.8) is 0 Å². The van der Waals surface area contributed by atoms with Gasteiger partial charge >= 0.3 is 5.97 Å². The van der Waals surface area contributed by atoms with E-state index in [0.717, 1.165) is 24.3 Å². The Hall–Kier alpha value is -1.43. The molecule has 0 bridgehead atoms. The smallest absolute Gasteiger partial charge is 0.357 e. The highest BCUT2D eigenvalue weighted by atomic mass is 32.1. The number of nitrogens with zero attached hydrogens (tertiary/aromatic N) is 2. The van der Waals surface area contributed by atoms with Crippen LogP contribution in [0.15, 0.2) is 5.38 Å². The predicted molar refractivity (Wildman–Crippen MR) is 99.5 cm³/mol. The highest BCUT2D eigenvalue weighted by Gasteiger charge is 2.34. The van der Waals surface area contributed by atoms with Gasteiger partial charge in [0.15, 0.2) is 5.69 Å². The summed E-state index contributed by atoms with van der Waals surface area (Å²) in [6.07, 6.45) is 3.73. The molecule has 1 fully saturated rings. The molecule has 1 amide bonds. The van der Waals surface area contributed by atoms with Gasteiger partial charge in [0.05, 0.1) is 13.2 Å². The largest absolute Gasteiger partial charge is 0.461 e. The minimum Gasteiger partial charge on any atom is -0.461 e. The first-order chi connectivity index (χ1) is 11.7. The number of rotatable bonds is 8. The van der Waals surface area contributed by atoms with E-state index in [1.54, 1.807) is 12.3 Å². The lowest BCUT2D eigenvalue weighted by Crippen LogP contribution is -2.34. The van der Waals surface area contributed by atoms with Crippen LogP contribution in [-0.4, -0.2) is 34.4 Å². The van der Waals surface area contributed by atoms with Gasteiger partial charge in [0.2, 0.25) is 5.91 Å². The first-order valence-corrected chi connectivity index (χ1v) is 9.98. The maximum Gasteiger partial charge on any atom is 0.357 e. The van der Waals surface area contributed by atoms with E-state index >= 15 is 0 Å². The van der Waals surface area contributed by atoms with Crippen LogP contribution in [0.1, 0.15) is 75.8 Å². The van der Waals surface area contributed by atoms with Crippen LogP contribution < -0.4 is 0 Å². The predicted octanol–water partition coefficient (Wildman–Crippen LogP) is 4.27. The SMILES string of the molecule is CCOC(=O)c1csc(CN(C(=O)C[C@H](C)CC(C)(C)C)C2CC2)n1. The first-order valence-electron chi connectivity index (χ1n) is 9.10. The first kappa shape index (κ1) is 19.9. The topological polar surface area (TPSA) is 59.5 Å². The number of hydrogen-bond acceptors (Lipinski definition) is 5. The zero-order chi connectivity index (χ0) is 18.6. The molecule has 1 heterocycles. The van der Waals surface area contributed by atoms with Crippen molar-refractivity contribution in [1.82, 2.24) is 9.88 Å². The molecule has 0 saturated heterocycles. The quantitative estimate of drug-likeness (QED) is 0.645. The van der Waals surface area contributed by atoms with Crippen molar-refractivity contribution in [1.29, 1.82) is 0 Å². The molecule has 0 aromatic carbocycles. The third kappa shape index (κ3) is 6.42. The summed E-state index contributed by atoms with van der Waals surface area (Å²) in [5.74, 6) is 0.167. The lowest BCUT2D eigenvalue weighted by molar-refractivity contribution is -0.133. The Morgan fingerprint density at radius 3 is 2.64 bits per heavy atom. The van der Waals surface area contributed by atoms with Crippen LogP contribution in [0.25, 0.3) is 0 Å². The van der Waals surface area contributed by atoms with E-state index in [1.807, 2.05) is 4.90 Å². The van der Waals surface area contributed by atoms with Gasteiger partial charge in [-0.3, -0.25) is 4.79 Å². The second-order valence-corrected chi connectivity index (χ2v) is 9.12.